The first-order chi connectivity index (χ1) is 14.3. The summed E-state index contributed by atoms with van der Waals surface area (Å²) in [5.74, 6) is 0.892. The first-order valence-electron chi connectivity index (χ1n) is 11.1. The molecule has 0 aliphatic heterocycles. The summed E-state index contributed by atoms with van der Waals surface area (Å²) in [7, 11) is 1.80. The molecule has 2 rings (SSSR count). The molecule has 0 radical (unpaired) electrons. The van der Waals surface area contributed by atoms with Crippen LogP contribution in [0.2, 0.25) is 0 Å². The largest absolute Gasteiger partial charge is 0.489 e. The van der Waals surface area contributed by atoms with Crippen LogP contribution in [0.3, 0.4) is 0 Å². The molecule has 164 valence electrons. The molecule has 1 aliphatic rings. The number of amides is 1. The quantitative estimate of drug-likeness (QED) is 0.434. The van der Waals surface area contributed by atoms with Crippen molar-refractivity contribution in [1.29, 1.82) is 0 Å². The summed E-state index contributed by atoms with van der Waals surface area (Å²) >= 11 is 0. The Labute approximate surface area is 182 Å². The number of hydrogen-bond donors (Lipinski definition) is 1. The molecular weight excluding hydrogens is 372 g/mol. The summed E-state index contributed by atoms with van der Waals surface area (Å²) in [6, 6.07) is 7.84. The van der Waals surface area contributed by atoms with Gasteiger partial charge in [0.1, 0.15) is 12.4 Å². The van der Waals surface area contributed by atoms with E-state index in [1.807, 2.05) is 31.2 Å². The maximum Gasteiger partial charge on any atom is 0.225 e. The Morgan fingerprint density at radius 2 is 1.73 bits per heavy atom. The molecule has 4 nitrogen and oxygen atoms in total. The van der Waals surface area contributed by atoms with Gasteiger partial charge in [-0.1, -0.05) is 48.6 Å². The average molecular weight is 411 g/mol. The maximum atomic E-state index is 12.8. The van der Waals surface area contributed by atoms with Crippen LogP contribution in [0.15, 0.2) is 52.1 Å². The summed E-state index contributed by atoms with van der Waals surface area (Å²) < 4.78 is 5.95. The highest BCUT2D eigenvalue weighted by atomic mass is 16.5. The van der Waals surface area contributed by atoms with Crippen LogP contribution in [-0.2, 0) is 11.2 Å². The first-order valence-corrected chi connectivity index (χ1v) is 11.1. The molecule has 0 heterocycles. The van der Waals surface area contributed by atoms with Gasteiger partial charge in [-0.05, 0) is 65.2 Å². The second-order valence-corrected chi connectivity index (χ2v) is 8.56. The molecule has 0 bridgehead atoms. The standard InChI is InChI=1S/C26H38N2O2/c1-7-20(4)26(15-9-8-10-16-26)28-25(29)17-22-11-13-23(14-12-22)30-18-24(19(2)3)21(5)27-6/h7,11-14H,8-10,15-18H2,1-6H3,(H,28,29)/b20-7+,27-21?. The summed E-state index contributed by atoms with van der Waals surface area (Å²) in [5, 5.41) is 3.36. The van der Waals surface area contributed by atoms with Crippen molar-refractivity contribution in [3.05, 3.63) is 52.6 Å². The molecule has 1 amide bonds. The number of nitrogens with one attached hydrogen (secondary N) is 1. The lowest BCUT2D eigenvalue weighted by atomic mass is 9.76. The van der Waals surface area contributed by atoms with Gasteiger partial charge in [-0.3, -0.25) is 9.79 Å². The molecule has 30 heavy (non-hydrogen) atoms. The molecule has 1 fully saturated rings. The van der Waals surface area contributed by atoms with Gasteiger partial charge < -0.3 is 10.1 Å². The van der Waals surface area contributed by atoms with Crippen molar-refractivity contribution in [3.63, 3.8) is 0 Å². The average Bonchev–Trinajstić information content (AvgIpc) is 2.74. The van der Waals surface area contributed by atoms with Crippen molar-refractivity contribution in [3.8, 4) is 5.75 Å². The van der Waals surface area contributed by atoms with Crippen molar-refractivity contribution in [2.24, 2.45) is 4.99 Å². The highest BCUT2D eigenvalue weighted by Crippen LogP contribution is 2.34. The second-order valence-electron chi connectivity index (χ2n) is 8.56. The molecular formula is C26H38N2O2. The molecule has 1 aromatic carbocycles. The highest BCUT2D eigenvalue weighted by molar-refractivity contribution is 5.99. The van der Waals surface area contributed by atoms with E-state index >= 15 is 0 Å². The van der Waals surface area contributed by atoms with E-state index < -0.39 is 0 Å². The molecule has 0 aromatic heterocycles. The van der Waals surface area contributed by atoms with E-state index in [2.05, 4.69) is 44.1 Å². The lowest BCUT2D eigenvalue weighted by Crippen LogP contribution is -2.51. The van der Waals surface area contributed by atoms with Crippen molar-refractivity contribution in [2.75, 3.05) is 13.7 Å². The molecule has 4 heteroatoms. The highest BCUT2D eigenvalue weighted by Gasteiger charge is 2.34. The minimum absolute atomic E-state index is 0.0911. The van der Waals surface area contributed by atoms with Crippen LogP contribution in [0, 0.1) is 0 Å². The molecule has 1 aromatic rings. The molecule has 1 aliphatic carbocycles. The van der Waals surface area contributed by atoms with Gasteiger partial charge in [0.15, 0.2) is 0 Å². The van der Waals surface area contributed by atoms with Crippen molar-refractivity contribution in [2.45, 2.75) is 78.7 Å². The number of allylic oxidation sites excluding steroid dienone is 2. The Balaban J connectivity index is 1.98. The molecule has 0 unspecified atom stereocenters. The number of rotatable bonds is 8. The van der Waals surface area contributed by atoms with E-state index in [9.17, 15) is 4.79 Å². The predicted molar refractivity (Wildman–Crippen MR) is 126 cm³/mol. The van der Waals surface area contributed by atoms with Gasteiger partial charge in [0.25, 0.3) is 0 Å². The number of nitrogens with zero attached hydrogens (tertiary/aromatic N) is 1. The fourth-order valence-corrected chi connectivity index (χ4v) is 4.15. The molecule has 0 saturated heterocycles. The van der Waals surface area contributed by atoms with E-state index in [0.29, 0.717) is 13.0 Å². The number of benzene rings is 1. The normalized spacial score (nSPS) is 16.7. The van der Waals surface area contributed by atoms with Crippen LogP contribution in [-0.4, -0.2) is 30.8 Å². The minimum Gasteiger partial charge on any atom is -0.489 e. The number of carbonyl (C=O) groups excluding carboxylic acids is 1. The third-order valence-corrected chi connectivity index (χ3v) is 6.32. The summed E-state index contributed by atoms with van der Waals surface area (Å²) in [5.41, 5.74) is 5.44. The van der Waals surface area contributed by atoms with Crippen LogP contribution in [0.4, 0.5) is 0 Å². The van der Waals surface area contributed by atoms with E-state index in [1.165, 1.54) is 30.4 Å². The molecule has 0 atom stereocenters. The number of ether oxygens (including phenoxy) is 1. The van der Waals surface area contributed by atoms with Gasteiger partial charge in [-0.15, -0.1) is 0 Å². The van der Waals surface area contributed by atoms with Crippen LogP contribution >= 0.6 is 0 Å². The Morgan fingerprint density at radius 1 is 1.10 bits per heavy atom. The van der Waals surface area contributed by atoms with E-state index in [1.54, 1.807) is 7.05 Å². The number of hydrogen-bond acceptors (Lipinski definition) is 3. The monoisotopic (exact) mass is 410 g/mol. The van der Waals surface area contributed by atoms with Gasteiger partial charge in [0, 0.05) is 18.3 Å². The zero-order valence-corrected chi connectivity index (χ0v) is 19.6. The van der Waals surface area contributed by atoms with Gasteiger partial charge in [0.05, 0.1) is 12.0 Å². The van der Waals surface area contributed by atoms with Gasteiger partial charge in [-0.2, -0.15) is 0 Å². The second kappa shape index (κ2) is 11.1. The SMILES string of the molecule is C/C=C(\C)C1(NC(=O)Cc2ccc(OCC(C(C)=NC)=C(C)C)cc2)CCCCC1. The van der Waals surface area contributed by atoms with Crippen LogP contribution in [0.25, 0.3) is 0 Å². The zero-order chi connectivity index (χ0) is 22.1. The lowest BCUT2D eigenvalue weighted by Gasteiger charge is -2.39. The summed E-state index contributed by atoms with van der Waals surface area (Å²) in [4.78, 5) is 17.1. The zero-order valence-electron chi connectivity index (χ0n) is 19.6. The Hall–Kier alpha value is -2.36. The fraction of sp³-hybridized carbons (Fsp3) is 0.538. The van der Waals surface area contributed by atoms with Gasteiger partial charge in [0.2, 0.25) is 5.91 Å². The summed E-state index contributed by atoms with van der Waals surface area (Å²) in [6.45, 7) is 10.8. The van der Waals surface area contributed by atoms with Crippen LogP contribution in [0.1, 0.15) is 72.3 Å². The van der Waals surface area contributed by atoms with Gasteiger partial charge >= 0.3 is 0 Å². The van der Waals surface area contributed by atoms with Crippen LogP contribution in [0.5, 0.6) is 5.75 Å². The Kier molecular flexibility index (Phi) is 8.88. The smallest absolute Gasteiger partial charge is 0.225 e. The van der Waals surface area contributed by atoms with Crippen LogP contribution < -0.4 is 10.1 Å². The Morgan fingerprint density at radius 3 is 2.27 bits per heavy atom. The molecule has 1 saturated carbocycles. The lowest BCUT2D eigenvalue weighted by molar-refractivity contribution is -0.122. The van der Waals surface area contributed by atoms with Crippen molar-refractivity contribution < 1.29 is 9.53 Å². The van der Waals surface area contributed by atoms with E-state index in [0.717, 1.165) is 35.4 Å². The molecule has 0 spiro atoms. The number of aliphatic imine (C=N–C) groups is 1. The Bertz CT molecular complexity index is 806. The van der Waals surface area contributed by atoms with Gasteiger partial charge in [-0.25, -0.2) is 0 Å². The third kappa shape index (κ3) is 6.32. The van der Waals surface area contributed by atoms with E-state index in [4.69, 9.17) is 4.74 Å². The molecule has 1 N–H and O–H groups in total. The first kappa shape index (κ1) is 23.9. The third-order valence-electron chi connectivity index (χ3n) is 6.32. The number of carbonyl (C=O) groups is 1. The van der Waals surface area contributed by atoms with E-state index in [-0.39, 0.29) is 11.4 Å². The predicted octanol–water partition coefficient (Wildman–Crippen LogP) is 5.82. The van der Waals surface area contributed by atoms with Crippen molar-refractivity contribution in [1.82, 2.24) is 5.32 Å². The minimum atomic E-state index is -0.160. The topological polar surface area (TPSA) is 50.7 Å². The summed E-state index contributed by atoms with van der Waals surface area (Å²) in [6.07, 6.45) is 8.21. The fourth-order valence-electron chi connectivity index (χ4n) is 4.15. The maximum absolute atomic E-state index is 12.8. The van der Waals surface area contributed by atoms with Crippen molar-refractivity contribution >= 4 is 11.6 Å².